The van der Waals surface area contributed by atoms with E-state index in [0.717, 1.165) is 54.1 Å². The second kappa shape index (κ2) is 9.44. The van der Waals surface area contributed by atoms with Gasteiger partial charge in [-0.25, -0.2) is 9.37 Å². The fourth-order valence-electron chi connectivity index (χ4n) is 4.68. The molecule has 0 unspecified atom stereocenters. The van der Waals surface area contributed by atoms with Crippen LogP contribution in [0.3, 0.4) is 0 Å². The molecule has 10 heteroatoms. The van der Waals surface area contributed by atoms with Crippen LogP contribution in [0.25, 0.3) is 22.1 Å². The smallest absolute Gasteiger partial charge is 0.254 e. The second-order valence-electron chi connectivity index (χ2n) is 9.20. The zero-order chi connectivity index (χ0) is 24.6. The Morgan fingerprint density at radius 1 is 0.917 bits per heavy atom. The van der Waals surface area contributed by atoms with Crippen LogP contribution < -0.4 is 4.90 Å². The number of likely N-dealkylation sites (N-methyl/N-ethyl adjacent to an activating group) is 1. The summed E-state index contributed by atoms with van der Waals surface area (Å²) in [7, 11) is 2.16. The Kier molecular flexibility index (Phi) is 5.98. The maximum absolute atomic E-state index is 13.2. The first-order valence-corrected chi connectivity index (χ1v) is 12.9. The van der Waals surface area contributed by atoms with Gasteiger partial charge in [0.1, 0.15) is 16.5 Å². The van der Waals surface area contributed by atoms with Crippen LogP contribution in [0.1, 0.15) is 16.2 Å². The van der Waals surface area contributed by atoms with Gasteiger partial charge in [-0.1, -0.05) is 0 Å². The first kappa shape index (κ1) is 22.8. The lowest BCUT2D eigenvalue weighted by molar-refractivity contribution is 0.0708. The number of carbonyl (C=O) groups excluding carboxylic acids is 1. The van der Waals surface area contributed by atoms with Crippen molar-refractivity contribution in [3.63, 3.8) is 0 Å². The van der Waals surface area contributed by atoms with Gasteiger partial charge in [0.25, 0.3) is 5.91 Å². The summed E-state index contributed by atoms with van der Waals surface area (Å²) in [5, 5.41) is 11.7. The number of nitrogens with zero attached hydrogens (tertiary/aromatic N) is 7. The molecule has 6 rings (SSSR count). The molecule has 1 fully saturated rings. The number of anilines is 1. The molecule has 0 aliphatic carbocycles. The molecule has 1 amide bonds. The number of piperazine rings is 1. The van der Waals surface area contributed by atoms with Gasteiger partial charge >= 0.3 is 0 Å². The lowest BCUT2D eigenvalue weighted by atomic mass is 10.2. The van der Waals surface area contributed by atoms with E-state index >= 15 is 0 Å². The first-order chi connectivity index (χ1) is 17.5. The van der Waals surface area contributed by atoms with Gasteiger partial charge in [0.05, 0.1) is 6.54 Å². The van der Waals surface area contributed by atoms with Crippen molar-refractivity contribution >= 4 is 22.9 Å². The molecule has 0 saturated carbocycles. The van der Waals surface area contributed by atoms with Crippen LogP contribution in [0.2, 0.25) is 0 Å². The highest BCUT2D eigenvalue weighted by Crippen LogP contribution is 2.31. The normalized spacial score (nSPS) is 16.3. The zero-order valence-electron chi connectivity index (χ0n) is 20.0. The van der Waals surface area contributed by atoms with Crippen molar-refractivity contribution in [1.82, 2.24) is 29.5 Å². The van der Waals surface area contributed by atoms with Crippen LogP contribution in [0.4, 0.5) is 10.1 Å². The Balaban J connectivity index is 1.16. The van der Waals surface area contributed by atoms with Crippen LogP contribution in [-0.4, -0.2) is 75.2 Å². The summed E-state index contributed by atoms with van der Waals surface area (Å²) < 4.78 is 15.2. The average Bonchev–Trinajstić information content (AvgIpc) is 3.56. The molecule has 184 valence electrons. The van der Waals surface area contributed by atoms with E-state index in [-0.39, 0.29) is 11.7 Å². The Morgan fingerprint density at radius 3 is 2.42 bits per heavy atom. The van der Waals surface area contributed by atoms with Gasteiger partial charge < -0.3 is 19.3 Å². The molecular weight excluding hydrogens is 477 g/mol. The number of hydrogen-bond acceptors (Lipinski definition) is 7. The Morgan fingerprint density at radius 2 is 1.67 bits per heavy atom. The molecule has 2 aliphatic heterocycles. The lowest BCUT2D eigenvalue weighted by Crippen LogP contribution is -2.44. The molecule has 0 N–H and O–H groups in total. The zero-order valence-corrected chi connectivity index (χ0v) is 20.8. The van der Waals surface area contributed by atoms with Crippen molar-refractivity contribution in [2.75, 3.05) is 44.7 Å². The van der Waals surface area contributed by atoms with E-state index < -0.39 is 0 Å². The van der Waals surface area contributed by atoms with Gasteiger partial charge in [-0.15, -0.1) is 21.5 Å². The number of hydrogen-bond donors (Lipinski definition) is 0. The summed E-state index contributed by atoms with van der Waals surface area (Å²) in [6.07, 6.45) is 0. The predicted molar refractivity (Wildman–Crippen MR) is 137 cm³/mol. The molecule has 0 atom stereocenters. The lowest BCUT2D eigenvalue weighted by Gasteiger charge is -2.34. The van der Waals surface area contributed by atoms with Crippen molar-refractivity contribution in [2.24, 2.45) is 0 Å². The number of amides is 1. The molecule has 4 aromatic rings. The number of rotatable bonds is 4. The minimum Gasteiger partial charge on any atom is -0.369 e. The van der Waals surface area contributed by atoms with Gasteiger partial charge in [-0.2, -0.15) is 0 Å². The van der Waals surface area contributed by atoms with E-state index in [1.165, 1.54) is 30.0 Å². The number of carbonyl (C=O) groups is 1. The third-order valence-electron chi connectivity index (χ3n) is 6.85. The largest absolute Gasteiger partial charge is 0.369 e. The first-order valence-electron chi connectivity index (χ1n) is 12.0. The van der Waals surface area contributed by atoms with Crippen LogP contribution in [0.5, 0.6) is 0 Å². The van der Waals surface area contributed by atoms with E-state index in [9.17, 15) is 9.18 Å². The summed E-state index contributed by atoms with van der Waals surface area (Å²) in [6.45, 7) is 5.71. The summed E-state index contributed by atoms with van der Waals surface area (Å²) in [6, 6.07) is 14.2. The summed E-state index contributed by atoms with van der Waals surface area (Å²) >= 11 is 1.59. The number of thiazole rings is 1. The van der Waals surface area contributed by atoms with Gasteiger partial charge in [-0.05, 0) is 55.6 Å². The molecule has 36 heavy (non-hydrogen) atoms. The van der Waals surface area contributed by atoms with Crippen molar-refractivity contribution < 1.29 is 9.18 Å². The fraction of sp³-hybridized carbons (Fsp3) is 0.308. The van der Waals surface area contributed by atoms with Crippen LogP contribution in [0, 0.1) is 5.82 Å². The van der Waals surface area contributed by atoms with E-state index in [1.807, 2.05) is 9.95 Å². The molecule has 8 nitrogen and oxygen atoms in total. The summed E-state index contributed by atoms with van der Waals surface area (Å²) in [5.41, 5.74) is 3.58. The van der Waals surface area contributed by atoms with Crippen molar-refractivity contribution in [3.05, 3.63) is 71.1 Å². The molecule has 1 saturated heterocycles. The van der Waals surface area contributed by atoms with E-state index in [1.54, 1.807) is 16.2 Å². The summed E-state index contributed by atoms with van der Waals surface area (Å²) in [4.78, 5) is 24.2. The molecule has 0 bridgehead atoms. The predicted octanol–water partition coefficient (Wildman–Crippen LogP) is 3.62. The summed E-state index contributed by atoms with van der Waals surface area (Å²) in [5.74, 6) is 0.943. The second-order valence-corrected chi connectivity index (χ2v) is 10.1. The van der Waals surface area contributed by atoms with Crippen LogP contribution in [0.15, 0.2) is 53.9 Å². The maximum atomic E-state index is 13.2. The van der Waals surface area contributed by atoms with E-state index in [0.29, 0.717) is 25.2 Å². The monoisotopic (exact) mass is 503 g/mol. The highest BCUT2D eigenvalue weighted by atomic mass is 32.1. The Hall–Kier alpha value is -3.63. The van der Waals surface area contributed by atoms with Gasteiger partial charge in [-0.3, -0.25) is 4.79 Å². The highest BCUT2D eigenvalue weighted by Gasteiger charge is 2.26. The molecule has 2 aliphatic rings. The van der Waals surface area contributed by atoms with Gasteiger partial charge in [0.2, 0.25) is 0 Å². The third-order valence-corrected chi connectivity index (χ3v) is 7.74. The van der Waals surface area contributed by atoms with Crippen LogP contribution in [-0.2, 0) is 13.1 Å². The SMILES string of the molecule is CN1CCN(c2ccc(-c3nc(-c4nnc5n4CCN(C(=O)c4ccc(F)cc4)C5)cs3)cc2)CC1. The Labute approximate surface area is 212 Å². The van der Waals surface area contributed by atoms with E-state index in [4.69, 9.17) is 4.98 Å². The van der Waals surface area contributed by atoms with Crippen LogP contribution >= 0.6 is 11.3 Å². The third kappa shape index (κ3) is 4.38. The number of halogens is 1. The topological polar surface area (TPSA) is 70.4 Å². The fourth-order valence-corrected chi connectivity index (χ4v) is 5.49. The van der Waals surface area contributed by atoms with Gasteiger partial charge in [0, 0.05) is 61.5 Å². The Bertz CT molecular complexity index is 1370. The minimum atomic E-state index is -0.358. The molecule has 4 heterocycles. The maximum Gasteiger partial charge on any atom is 0.254 e. The molecule has 0 spiro atoms. The number of fused-ring (bicyclic) bond motifs is 1. The number of benzene rings is 2. The highest BCUT2D eigenvalue weighted by molar-refractivity contribution is 7.13. The van der Waals surface area contributed by atoms with Crippen molar-refractivity contribution in [3.8, 4) is 22.1 Å². The number of aromatic nitrogens is 4. The molecule has 2 aromatic carbocycles. The van der Waals surface area contributed by atoms with Crippen molar-refractivity contribution in [2.45, 2.75) is 13.1 Å². The molecular formula is C26H26FN7OS. The minimum absolute atomic E-state index is 0.137. The van der Waals surface area contributed by atoms with Gasteiger partial charge in [0.15, 0.2) is 11.6 Å². The molecule has 2 aromatic heterocycles. The van der Waals surface area contributed by atoms with Crippen molar-refractivity contribution in [1.29, 1.82) is 0 Å². The standard InChI is InChI=1S/C26H26FN7OS/c1-31-10-12-32(13-11-31)21-8-4-18(5-9-21)25-28-22(17-36-25)24-30-29-23-16-33(14-15-34(23)24)26(35)19-2-6-20(27)7-3-19/h2-9,17H,10-16H2,1H3. The quantitative estimate of drug-likeness (QED) is 0.424. The molecule has 0 radical (unpaired) electrons. The van der Waals surface area contributed by atoms with E-state index in [2.05, 4.69) is 51.3 Å². The average molecular weight is 504 g/mol.